The van der Waals surface area contributed by atoms with Crippen molar-refractivity contribution in [3.05, 3.63) is 59.7 Å². The summed E-state index contributed by atoms with van der Waals surface area (Å²) in [5, 5.41) is 6.17. The minimum atomic E-state index is -0.955. The van der Waals surface area contributed by atoms with E-state index in [0.29, 0.717) is 37.1 Å². The molecule has 4 saturated heterocycles. The number of nitrogens with zero attached hydrogens (tertiary/aromatic N) is 4. The van der Waals surface area contributed by atoms with Crippen LogP contribution in [-0.2, 0) is 15.0 Å². The zero-order chi connectivity index (χ0) is 36.3. The van der Waals surface area contributed by atoms with Crippen LogP contribution < -0.4 is 20.4 Å². The SMILES string of the molecule is CN1C(C)(C)CC2(CC1(C)C)NC(=O)N(c1ccc(C(C)(C)c3ccc(N4C(=O)NC5(CC(C)(C)N(C)C(C)(C)C5)C4=O)cc3)cc1)C2=O. The number of urea groups is 2. The van der Waals surface area contributed by atoms with Gasteiger partial charge >= 0.3 is 12.1 Å². The molecule has 2 aromatic carbocycles. The molecule has 0 atom stereocenters. The van der Waals surface area contributed by atoms with E-state index in [2.05, 4.69) is 104 Å². The number of anilines is 2. The van der Waals surface area contributed by atoms with E-state index in [4.69, 9.17) is 0 Å². The number of piperidine rings is 2. The van der Waals surface area contributed by atoms with Gasteiger partial charge in [0.15, 0.2) is 0 Å². The molecule has 0 unspecified atom stereocenters. The number of carbonyl (C=O) groups excluding carboxylic acids is 4. The fourth-order valence-electron chi connectivity index (χ4n) is 9.60. The third-order valence-electron chi connectivity index (χ3n) is 12.6. The van der Waals surface area contributed by atoms with Crippen molar-refractivity contribution < 1.29 is 19.2 Å². The number of rotatable bonds is 4. The first-order valence-electron chi connectivity index (χ1n) is 17.4. The Balaban J connectivity index is 1.21. The summed E-state index contributed by atoms with van der Waals surface area (Å²) >= 11 is 0. The van der Waals surface area contributed by atoms with Gasteiger partial charge in [-0.2, -0.15) is 0 Å². The Hall–Kier alpha value is -3.76. The lowest BCUT2D eigenvalue weighted by Crippen LogP contribution is -2.68. The average Bonchev–Trinajstić information content (AvgIpc) is 3.35. The van der Waals surface area contributed by atoms with Gasteiger partial charge in [0.2, 0.25) is 0 Å². The maximum atomic E-state index is 14.0. The van der Waals surface area contributed by atoms with E-state index in [1.165, 1.54) is 9.80 Å². The summed E-state index contributed by atoms with van der Waals surface area (Å²) in [7, 11) is 4.16. The fraction of sp³-hybridized carbons (Fsp3) is 0.590. The summed E-state index contributed by atoms with van der Waals surface area (Å²) in [5.74, 6) is -0.409. The van der Waals surface area contributed by atoms with Crippen LogP contribution in [0.25, 0.3) is 0 Å². The van der Waals surface area contributed by atoms with Crippen LogP contribution in [0.15, 0.2) is 48.5 Å². The van der Waals surface area contributed by atoms with Gasteiger partial charge in [-0.3, -0.25) is 19.4 Å². The summed E-state index contributed by atoms with van der Waals surface area (Å²) in [4.78, 5) is 61.9. The monoisotopic (exact) mass is 670 g/mol. The lowest BCUT2D eigenvalue weighted by atomic mass is 9.69. The molecule has 10 heteroatoms. The highest BCUT2D eigenvalue weighted by Gasteiger charge is 2.62. The van der Waals surface area contributed by atoms with Crippen LogP contribution in [0, 0.1) is 0 Å². The molecule has 49 heavy (non-hydrogen) atoms. The molecule has 4 aliphatic heterocycles. The normalized spacial score (nSPS) is 25.6. The van der Waals surface area contributed by atoms with Crippen LogP contribution in [0.2, 0.25) is 0 Å². The van der Waals surface area contributed by atoms with Gasteiger partial charge in [-0.25, -0.2) is 19.4 Å². The summed E-state index contributed by atoms with van der Waals surface area (Å²) in [5.41, 5.74) is -0.403. The summed E-state index contributed by atoms with van der Waals surface area (Å²) in [6.07, 6.45) is 2.12. The molecule has 4 aliphatic rings. The quantitative estimate of drug-likeness (QED) is 0.377. The van der Waals surface area contributed by atoms with Crippen molar-refractivity contribution in [1.29, 1.82) is 0 Å². The molecule has 4 fully saturated rings. The minimum absolute atomic E-state index is 0.205. The molecule has 4 heterocycles. The number of amides is 6. The first-order chi connectivity index (χ1) is 22.4. The summed E-state index contributed by atoms with van der Waals surface area (Å²) < 4.78 is 0. The Kier molecular flexibility index (Phi) is 7.61. The maximum Gasteiger partial charge on any atom is 0.329 e. The Morgan fingerprint density at radius 2 is 0.776 bits per heavy atom. The molecule has 6 amide bonds. The topological polar surface area (TPSA) is 105 Å². The Morgan fingerprint density at radius 1 is 0.510 bits per heavy atom. The van der Waals surface area contributed by atoms with Gasteiger partial charge in [0.1, 0.15) is 11.1 Å². The lowest BCUT2D eigenvalue weighted by molar-refractivity contribution is -0.131. The van der Waals surface area contributed by atoms with Crippen LogP contribution >= 0.6 is 0 Å². The second kappa shape index (κ2) is 10.6. The summed E-state index contributed by atoms with van der Waals surface area (Å²) in [6, 6.07) is 14.4. The number of likely N-dealkylation sites (tertiary alicyclic amines) is 2. The van der Waals surface area contributed by atoms with Gasteiger partial charge in [-0.05, 0) is 131 Å². The van der Waals surface area contributed by atoms with Gasteiger partial charge in [0.25, 0.3) is 11.8 Å². The summed E-state index contributed by atoms with van der Waals surface area (Å²) in [6.45, 7) is 21.1. The predicted octanol–water partition coefficient (Wildman–Crippen LogP) is 6.17. The average molecular weight is 671 g/mol. The molecule has 0 saturated carbocycles. The fourth-order valence-corrected chi connectivity index (χ4v) is 9.60. The van der Waals surface area contributed by atoms with E-state index in [9.17, 15) is 19.2 Å². The van der Waals surface area contributed by atoms with Gasteiger partial charge in [-0.15, -0.1) is 0 Å². The molecule has 264 valence electrons. The van der Waals surface area contributed by atoms with E-state index in [1.54, 1.807) is 0 Å². The zero-order valence-electron chi connectivity index (χ0n) is 31.4. The van der Waals surface area contributed by atoms with Gasteiger partial charge < -0.3 is 10.6 Å². The van der Waals surface area contributed by atoms with E-state index in [-0.39, 0.29) is 34.0 Å². The molecule has 2 spiro atoms. The van der Waals surface area contributed by atoms with E-state index in [0.717, 1.165) is 11.1 Å². The smallest absolute Gasteiger partial charge is 0.323 e. The van der Waals surface area contributed by atoms with E-state index in [1.807, 2.05) is 48.5 Å². The molecular formula is C39H54N6O4. The third kappa shape index (κ3) is 5.28. The highest BCUT2D eigenvalue weighted by Crippen LogP contribution is 2.47. The van der Waals surface area contributed by atoms with Gasteiger partial charge in [-0.1, -0.05) is 38.1 Å². The third-order valence-corrected chi connectivity index (χ3v) is 12.6. The maximum absolute atomic E-state index is 14.0. The number of benzene rings is 2. The Labute approximate surface area is 291 Å². The minimum Gasteiger partial charge on any atom is -0.323 e. The number of imide groups is 2. The first kappa shape index (κ1) is 35.1. The van der Waals surface area contributed by atoms with Crippen LogP contribution in [0.1, 0.15) is 106 Å². The number of carbonyl (C=O) groups is 4. The Morgan fingerprint density at radius 3 is 1.04 bits per heavy atom. The first-order valence-corrected chi connectivity index (χ1v) is 17.4. The van der Waals surface area contributed by atoms with Crippen LogP contribution in [0.5, 0.6) is 0 Å². The van der Waals surface area contributed by atoms with Crippen LogP contribution in [0.4, 0.5) is 21.0 Å². The van der Waals surface area contributed by atoms with Crippen LogP contribution in [-0.4, -0.2) is 81.0 Å². The molecule has 10 nitrogen and oxygen atoms in total. The largest absolute Gasteiger partial charge is 0.329 e. The molecule has 0 aliphatic carbocycles. The van der Waals surface area contributed by atoms with Crippen molar-refractivity contribution in [3.63, 3.8) is 0 Å². The zero-order valence-corrected chi connectivity index (χ0v) is 31.4. The highest BCUT2D eigenvalue weighted by molar-refractivity contribution is 6.24. The van der Waals surface area contributed by atoms with Crippen molar-refractivity contribution >= 4 is 35.3 Å². The van der Waals surface area contributed by atoms with Crippen LogP contribution in [0.3, 0.4) is 0 Å². The highest BCUT2D eigenvalue weighted by atomic mass is 16.2. The predicted molar refractivity (Wildman–Crippen MR) is 193 cm³/mol. The Bertz CT molecular complexity index is 1560. The van der Waals surface area contributed by atoms with Gasteiger partial charge in [0, 0.05) is 27.6 Å². The lowest BCUT2D eigenvalue weighted by Gasteiger charge is -2.56. The van der Waals surface area contributed by atoms with E-state index >= 15 is 0 Å². The van der Waals surface area contributed by atoms with E-state index < -0.39 is 28.6 Å². The standard InChI is InChI=1S/C39H54N6O4/c1-33(2)21-38(22-34(3,4)42(33)11)29(46)44(31(48)40-38)27-17-13-25(14-18-27)37(9,10)26-15-19-28(20-16-26)45-30(47)39(41-32(45)49)23-35(5,6)43(12)36(7,8)24-39/h13-20H,21-24H2,1-12H3,(H,40,48)(H,41,49). The van der Waals surface area contributed by atoms with Crippen molar-refractivity contribution in [3.8, 4) is 0 Å². The molecule has 2 N–H and O–H groups in total. The molecule has 0 bridgehead atoms. The molecule has 2 aromatic rings. The second-order valence-electron chi connectivity index (χ2n) is 18.1. The number of nitrogens with one attached hydrogen (secondary N) is 2. The molecule has 0 aromatic heterocycles. The molecule has 0 radical (unpaired) electrons. The van der Waals surface area contributed by atoms with Crippen molar-refractivity contribution in [2.45, 2.75) is 134 Å². The van der Waals surface area contributed by atoms with Crippen molar-refractivity contribution in [1.82, 2.24) is 20.4 Å². The van der Waals surface area contributed by atoms with Crippen molar-refractivity contribution in [2.24, 2.45) is 0 Å². The molecule has 6 rings (SSSR count). The second-order valence-corrected chi connectivity index (χ2v) is 18.1. The molecular weight excluding hydrogens is 616 g/mol. The van der Waals surface area contributed by atoms with Gasteiger partial charge in [0.05, 0.1) is 11.4 Å². The number of hydrogen-bond acceptors (Lipinski definition) is 6. The van der Waals surface area contributed by atoms with Crippen molar-refractivity contribution in [2.75, 3.05) is 23.9 Å². The number of hydrogen-bond donors (Lipinski definition) is 2.